The van der Waals surface area contributed by atoms with Gasteiger partial charge in [0.15, 0.2) is 9.84 Å². The monoisotopic (exact) mass is 602 g/mol. The number of rotatable bonds is 6. The van der Waals surface area contributed by atoms with Crippen LogP contribution in [0.4, 0.5) is 18.0 Å². The van der Waals surface area contributed by atoms with Gasteiger partial charge in [0.2, 0.25) is 5.60 Å². The van der Waals surface area contributed by atoms with Crippen LogP contribution in [0.2, 0.25) is 0 Å². The van der Waals surface area contributed by atoms with E-state index in [1.165, 1.54) is 4.90 Å². The Labute approximate surface area is 243 Å². The van der Waals surface area contributed by atoms with Crippen LogP contribution in [0, 0.1) is 0 Å². The number of likely N-dealkylation sites (tertiary alicyclic amines) is 1. The molecule has 3 heterocycles. The molecular weight excluding hydrogens is 569 g/mol. The van der Waals surface area contributed by atoms with Crippen LogP contribution in [0.25, 0.3) is 11.1 Å². The van der Waals surface area contributed by atoms with Gasteiger partial charge in [0.05, 0.1) is 17.2 Å². The predicted molar refractivity (Wildman–Crippen MR) is 152 cm³/mol. The summed E-state index contributed by atoms with van der Waals surface area (Å²) in [6.07, 6.45) is -1.55. The molecule has 2 aromatic carbocycles. The summed E-state index contributed by atoms with van der Waals surface area (Å²) in [6, 6.07) is 18.6. The SMILES string of the molecule is CC(C)(OC(=O)N1CCC2(CCc3cc(-c4ccc(CS(=O)(=O)Cc5ccccn5)cc4)ccc3O2)CC1)C(F)(F)F. The molecule has 0 saturated carbocycles. The summed E-state index contributed by atoms with van der Waals surface area (Å²) in [7, 11) is -3.37. The van der Waals surface area contributed by atoms with Crippen LogP contribution in [0.5, 0.6) is 5.75 Å². The fraction of sp³-hybridized carbons (Fsp3) is 0.419. The lowest BCUT2D eigenvalue weighted by atomic mass is 9.82. The van der Waals surface area contributed by atoms with Gasteiger partial charge >= 0.3 is 12.3 Å². The molecule has 224 valence electrons. The molecule has 3 aromatic rings. The van der Waals surface area contributed by atoms with Crippen LogP contribution in [0.1, 0.15) is 49.9 Å². The first kappa shape index (κ1) is 29.9. The molecule has 2 aliphatic heterocycles. The molecule has 1 saturated heterocycles. The number of piperidine rings is 1. The summed E-state index contributed by atoms with van der Waals surface area (Å²) in [5.74, 6) is 0.580. The van der Waals surface area contributed by atoms with Crippen molar-refractivity contribution in [3.63, 3.8) is 0 Å². The second-order valence-corrected chi connectivity index (χ2v) is 13.6. The summed E-state index contributed by atoms with van der Waals surface area (Å²) in [4.78, 5) is 17.8. The zero-order valence-electron chi connectivity index (χ0n) is 23.5. The van der Waals surface area contributed by atoms with Crippen molar-refractivity contribution in [3.05, 3.63) is 83.7 Å². The van der Waals surface area contributed by atoms with E-state index in [0.29, 0.717) is 24.1 Å². The maximum absolute atomic E-state index is 13.1. The number of aromatic nitrogens is 1. The lowest BCUT2D eigenvalue weighted by Crippen LogP contribution is -2.53. The Kier molecular flexibility index (Phi) is 8.00. The minimum absolute atomic E-state index is 0.0702. The molecule has 1 fully saturated rings. The average Bonchev–Trinajstić information content (AvgIpc) is 2.93. The van der Waals surface area contributed by atoms with E-state index < -0.39 is 33.3 Å². The van der Waals surface area contributed by atoms with Gasteiger partial charge in [-0.05, 0) is 73.2 Å². The summed E-state index contributed by atoms with van der Waals surface area (Å²) in [6.45, 7) is 2.19. The number of sulfone groups is 1. The Morgan fingerprint density at radius 1 is 0.976 bits per heavy atom. The zero-order valence-corrected chi connectivity index (χ0v) is 24.3. The standard InChI is InChI=1S/C31H33F3N2O5S/c1-29(2,31(32,33)34)41-28(37)36-17-14-30(15-18-36)13-12-25-19-24(10-11-27(25)40-30)23-8-6-22(7-9-23)20-42(38,39)21-26-5-3-4-16-35-26/h3-11,16,19H,12-15,17-18,20-21H2,1-2H3. The van der Waals surface area contributed by atoms with Gasteiger partial charge in [-0.15, -0.1) is 0 Å². The molecule has 2 aliphatic rings. The van der Waals surface area contributed by atoms with Crippen molar-refractivity contribution < 1.29 is 35.9 Å². The smallest absolute Gasteiger partial charge is 0.427 e. The molecule has 0 aliphatic carbocycles. The molecule has 42 heavy (non-hydrogen) atoms. The number of ether oxygens (including phenoxy) is 2. The molecule has 0 bridgehead atoms. The number of pyridine rings is 1. The highest BCUT2D eigenvalue weighted by Gasteiger charge is 2.52. The van der Waals surface area contributed by atoms with Gasteiger partial charge in [-0.25, -0.2) is 13.2 Å². The van der Waals surface area contributed by atoms with Gasteiger partial charge < -0.3 is 14.4 Å². The third-order valence-corrected chi connectivity index (χ3v) is 9.47. The van der Waals surface area contributed by atoms with Crippen molar-refractivity contribution in [1.29, 1.82) is 0 Å². The number of fused-ring (bicyclic) bond motifs is 1. The topological polar surface area (TPSA) is 85.8 Å². The fourth-order valence-corrected chi connectivity index (χ4v) is 6.72. The highest BCUT2D eigenvalue weighted by atomic mass is 32.2. The first-order valence-electron chi connectivity index (χ1n) is 13.8. The summed E-state index contributed by atoms with van der Waals surface area (Å²) >= 11 is 0. The zero-order chi connectivity index (χ0) is 30.2. The van der Waals surface area contributed by atoms with Crippen molar-refractivity contribution in [1.82, 2.24) is 9.88 Å². The van der Waals surface area contributed by atoms with Crippen molar-refractivity contribution in [2.45, 2.75) is 68.4 Å². The van der Waals surface area contributed by atoms with E-state index in [2.05, 4.69) is 11.1 Å². The van der Waals surface area contributed by atoms with Gasteiger partial charge in [-0.1, -0.05) is 36.4 Å². The number of hydrogen-bond acceptors (Lipinski definition) is 6. The molecular formula is C31H33F3N2O5S. The number of nitrogens with zero attached hydrogens (tertiary/aromatic N) is 2. The van der Waals surface area contributed by atoms with Gasteiger partial charge in [-0.3, -0.25) is 4.98 Å². The summed E-state index contributed by atoms with van der Waals surface area (Å²) in [5.41, 5.74) is 1.18. The Morgan fingerprint density at radius 3 is 2.31 bits per heavy atom. The molecule has 1 amide bonds. The quantitative estimate of drug-likeness (QED) is 0.320. The molecule has 7 nitrogen and oxygen atoms in total. The van der Waals surface area contributed by atoms with Gasteiger partial charge in [0, 0.05) is 32.1 Å². The third kappa shape index (κ3) is 6.72. The Hall–Kier alpha value is -3.60. The molecule has 0 unspecified atom stereocenters. The van der Waals surface area contributed by atoms with Crippen molar-refractivity contribution in [2.75, 3.05) is 13.1 Å². The number of carbonyl (C=O) groups excluding carboxylic acids is 1. The highest BCUT2D eigenvalue weighted by Crippen LogP contribution is 2.41. The third-order valence-electron chi connectivity index (χ3n) is 7.96. The number of halogens is 3. The molecule has 1 aromatic heterocycles. The summed E-state index contributed by atoms with van der Waals surface area (Å²) < 4.78 is 75.9. The van der Waals surface area contributed by atoms with Gasteiger partial charge in [0.1, 0.15) is 11.4 Å². The van der Waals surface area contributed by atoms with Crippen LogP contribution < -0.4 is 4.74 Å². The fourth-order valence-electron chi connectivity index (χ4n) is 5.30. The minimum Gasteiger partial charge on any atom is -0.487 e. The van der Waals surface area contributed by atoms with Crippen molar-refractivity contribution in [2.24, 2.45) is 0 Å². The van der Waals surface area contributed by atoms with Crippen molar-refractivity contribution >= 4 is 15.9 Å². The van der Waals surface area contributed by atoms with E-state index in [1.54, 1.807) is 24.4 Å². The number of hydrogen-bond donors (Lipinski definition) is 0. The second kappa shape index (κ2) is 11.2. The maximum atomic E-state index is 13.1. The second-order valence-electron chi connectivity index (χ2n) is 11.5. The number of amides is 1. The van der Waals surface area contributed by atoms with E-state index in [4.69, 9.17) is 9.47 Å². The lowest BCUT2D eigenvalue weighted by Gasteiger charge is -2.44. The molecule has 0 radical (unpaired) electrons. The van der Waals surface area contributed by atoms with E-state index in [0.717, 1.165) is 49.1 Å². The maximum Gasteiger partial charge on any atom is 0.427 e. The number of benzene rings is 2. The normalized spacial score (nSPS) is 16.9. The van der Waals surface area contributed by atoms with Crippen LogP contribution in [-0.2, 0) is 32.5 Å². The minimum atomic E-state index is -4.65. The average molecular weight is 603 g/mol. The first-order valence-corrected chi connectivity index (χ1v) is 15.6. The molecule has 5 rings (SSSR count). The van der Waals surface area contributed by atoms with Crippen LogP contribution in [0.3, 0.4) is 0 Å². The molecule has 11 heteroatoms. The molecule has 0 N–H and O–H groups in total. The van der Waals surface area contributed by atoms with Gasteiger partial charge in [-0.2, -0.15) is 13.2 Å². The predicted octanol–water partition coefficient (Wildman–Crippen LogP) is 6.50. The number of carbonyl (C=O) groups is 1. The number of alkyl halides is 3. The van der Waals surface area contributed by atoms with Crippen molar-refractivity contribution in [3.8, 4) is 16.9 Å². The lowest BCUT2D eigenvalue weighted by molar-refractivity contribution is -0.246. The van der Waals surface area contributed by atoms with E-state index in [1.807, 2.05) is 36.4 Å². The summed E-state index contributed by atoms with van der Waals surface area (Å²) in [5, 5.41) is 0. The number of aryl methyl sites for hydroxylation is 1. The molecule has 1 spiro atoms. The first-order chi connectivity index (χ1) is 19.7. The molecule has 0 atom stereocenters. The van der Waals surface area contributed by atoms with Crippen LogP contribution >= 0.6 is 0 Å². The van der Waals surface area contributed by atoms with E-state index in [-0.39, 0.29) is 24.6 Å². The van der Waals surface area contributed by atoms with Gasteiger partial charge in [0.25, 0.3) is 0 Å². The van der Waals surface area contributed by atoms with E-state index in [9.17, 15) is 26.4 Å². The highest BCUT2D eigenvalue weighted by molar-refractivity contribution is 7.89. The van der Waals surface area contributed by atoms with E-state index >= 15 is 0 Å². The Balaban J connectivity index is 1.19. The largest absolute Gasteiger partial charge is 0.487 e. The van der Waals surface area contributed by atoms with Crippen LogP contribution in [-0.4, -0.2) is 54.9 Å². The van der Waals surface area contributed by atoms with Crippen LogP contribution in [0.15, 0.2) is 66.9 Å². The Morgan fingerprint density at radius 2 is 1.67 bits per heavy atom. The Bertz CT molecular complexity index is 1530.